The van der Waals surface area contributed by atoms with Gasteiger partial charge in [-0.05, 0) is 81.7 Å². The van der Waals surface area contributed by atoms with Crippen molar-refractivity contribution in [2.45, 2.75) is 69.8 Å². The Morgan fingerprint density at radius 3 is 2.30 bits per heavy atom. The smallest absolute Gasteiger partial charge is 0.383 e. The summed E-state index contributed by atoms with van der Waals surface area (Å²) in [5, 5.41) is 7.19. The summed E-state index contributed by atoms with van der Waals surface area (Å²) in [4.78, 5) is 19.3. The Kier molecular flexibility index (Phi) is 6.78. The van der Waals surface area contributed by atoms with Crippen molar-refractivity contribution in [2.24, 2.45) is 16.6 Å². The minimum Gasteiger partial charge on any atom is -0.383 e. The third-order valence-corrected chi connectivity index (χ3v) is 6.58. The zero-order chi connectivity index (χ0) is 23.6. The molecule has 1 aromatic carbocycles. The maximum Gasteiger partial charge on any atom is 0.416 e. The lowest BCUT2D eigenvalue weighted by Gasteiger charge is -2.32. The summed E-state index contributed by atoms with van der Waals surface area (Å²) >= 11 is 0. The minimum atomic E-state index is -4.42. The molecule has 0 aliphatic heterocycles. The number of pyridine rings is 1. The van der Waals surface area contributed by atoms with E-state index >= 15 is 0 Å². The summed E-state index contributed by atoms with van der Waals surface area (Å²) in [6, 6.07) is 7.38. The van der Waals surface area contributed by atoms with Gasteiger partial charge in [-0.25, -0.2) is 4.99 Å². The highest BCUT2D eigenvalue weighted by molar-refractivity contribution is 6.03. The minimum absolute atomic E-state index is 0.0484. The Bertz CT molecular complexity index is 1040. The normalized spacial score (nSPS) is 22.7. The number of alkyl halides is 3. The number of aliphatic imine (C=N–C) groups is 1. The molecule has 2 saturated carbocycles. The molecule has 2 aromatic rings. The average Bonchev–Trinajstić information content (AvgIpc) is 3.60. The molecular weight excluding hydrogens is 431 g/mol. The third kappa shape index (κ3) is 5.96. The predicted octanol–water partition coefficient (Wildman–Crippen LogP) is 4.54. The van der Waals surface area contributed by atoms with Gasteiger partial charge in [0.05, 0.1) is 16.9 Å². The molecule has 5 N–H and O–H groups in total. The molecule has 0 bridgehead atoms. The molecule has 0 spiro atoms. The van der Waals surface area contributed by atoms with Crippen molar-refractivity contribution in [2.75, 3.05) is 5.32 Å². The number of H-pyrrole nitrogens is 1. The fourth-order valence-corrected chi connectivity index (χ4v) is 4.50. The van der Waals surface area contributed by atoms with E-state index in [1.165, 1.54) is 25.0 Å². The lowest BCUT2D eigenvalue weighted by atomic mass is 9.90. The van der Waals surface area contributed by atoms with Gasteiger partial charge in [-0.1, -0.05) is 0 Å². The standard InChI is InChI=1S/C24H30F3N5O/c1-14(15-2-3-15)30-17-8-10-18(11-9-17)31-20-12-13-29-23(33)21(20)22(28)32-19-6-4-16(5-7-19)24(25,26)27/h4-7,12-15,17-18,30H,2-3,8-11H2,1H3,(H2,28,32)(H2,29,31,33). The second kappa shape index (κ2) is 9.59. The van der Waals surface area contributed by atoms with E-state index in [0.717, 1.165) is 43.7 Å². The number of nitrogens with one attached hydrogen (secondary N) is 3. The van der Waals surface area contributed by atoms with E-state index < -0.39 is 17.3 Å². The maximum absolute atomic E-state index is 12.8. The highest BCUT2D eigenvalue weighted by atomic mass is 19.4. The highest BCUT2D eigenvalue weighted by Crippen LogP contribution is 2.34. The van der Waals surface area contributed by atoms with Crippen molar-refractivity contribution in [3.8, 4) is 0 Å². The SMILES string of the molecule is CC(NC1CCC(Nc2cc[nH]c(=O)c2C(N)=Nc2ccc(C(F)(F)F)cc2)CC1)C1CC1. The van der Waals surface area contributed by atoms with E-state index in [1.54, 1.807) is 12.3 Å². The maximum atomic E-state index is 12.8. The Labute approximate surface area is 190 Å². The number of aromatic amines is 1. The van der Waals surface area contributed by atoms with Gasteiger partial charge >= 0.3 is 6.18 Å². The Morgan fingerprint density at radius 2 is 1.70 bits per heavy atom. The number of nitrogens with two attached hydrogens (primary N) is 1. The zero-order valence-electron chi connectivity index (χ0n) is 18.6. The number of anilines is 1. The summed E-state index contributed by atoms with van der Waals surface area (Å²) in [5.74, 6) is 0.777. The summed E-state index contributed by atoms with van der Waals surface area (Å²) < 4.78 is 38.3. The van der Waals surface area contributed by atoms with Crippen LogP contribution in [-0.2, 0) is 6.18 Å². The van der Waals surface area contributed by atoms with Crippen molar-refractivity contribution < 1.29 is 13.2 Å². The van der Waals surface area contributed by atoms with Gasteiger partial charge in [-0.3, -0.25) is 4.79 Å². The molecule has 1 aromatic heterocycles. The molecule has 2 aliphatic rings. The fourth-order valence-electron chi connectivity index (χ4n) is 4.50. The molecule has 0 saturated heterocycles. The van der Waals surface area contributed by atoms with Crippen molar-refractivity contribution in [1.82, 2.24) is 10.3 Å². The van der Waals surface area contributed by atoms with E-state index in [9.17, 15) is 18.0 Å². The van der Waals surface area contributed by atoms with E-state index in [-0.39, 0.29) is 23.1 Å². The van der Waals surface area contributed by atoms with E-state index in [2.05, 4.69) is 27.5 Å². The van der Waals surface area contributed by atoms with Crippen LogP contribution >= 0.6 is 0 Å². The van der Waals surface area contributed by atoms with Crippen LogP contribution in [0, 0.1) is 5.92 Å². The number of hydrogen-bond acceptors (Lipinski definition) is 4. The topological polar surface area (TPSA) is 95.3 Å². The lowest BCUT2D eigenvalue weighted by Crippen LogP contribution is -2.42. The van der Waals surface area contributed by atoms with Crippen LogP contribution in [-0.4, -0.2) is 28.9 Å². The van der Waals surface area contributed by atoms with Crippen LogP contribution in [0.1, 0.15) is 56.6 Å². The van der Waals surface area contributed by atoms with E-state index in [0.29, 0.717) is 17.8 Å². The van der Waals surface area contributed by atoms with E-state index in [4.69, 9.17) is 5.73 Å². The molecule has 1 heterocycles. The van der Waals surface area contributed by atoms with Gasteiger partial charge in [0, 0.05) is 24.3 Å². The Morgan fingerprint density at radius 1 is 1.06 bits per heavy atom. The first-order valence-corrected chi connectivity index (χ1v) is 11.5. The molecule has 1 unspecified atom stereocenters. The van der Waals surface area contributed by atoms with Gasteiger partial charge in [0.1, 0.15) is 11.4 Å². The van der Waals surface area contributed by atoms with Gasteiger partial charge in [-0.15, -0.1) is 0 Å². The summed E-state index contributed by atoms with van der Waals surface area (Å²) in [7, 11) is 0. The first kappa shape index (κ1) is 23.4. The number of halogens is 3. The van der Waals surface area contributed by atoms with Crippen LogP contribution in [0.5, 0.6) is 0 Å². The molecule has 33 heavy (non-hydrogen) atoms. The van der Waals surface area contributed by atoms with E-state index in [1.807, 2.05) is 0 Å². The number of rotatable bonds is 7. The number of nitrogens with zero attached hydrogens (tertiary/aromatic N) is 1. The summed E-state index contributed by atoms with van der Waals surface area (Å²) in [5.41, 5.74) is 5.97. The number of amidine groups is 1. The quantitative estimate of drug-likeness (QED) is 0.360. The molecule has 0 radical (unpaired) electrons. The van der Waals surface area contributed by atoms with Gasteiger partial charge in [0.15, 0.2) is 0 Å². The largest absolute Gasteiger partial charge is 0.416 e. The number of aromatic nitrogens is 1. The van der Waals surface area contributed by atoms with Crippen LogP contribution in [0.2, 0.25) is 0 Å². The molecule has 1 atom stereocenters. The first-order chi connectivity index (χ1) is 15.7. The van der Waals surface area contributed by atoms with Crippen LogP contribution < -0.4 is 21.9 Å². The highest BCUT2D eigenvalue weighted by Gasteiger charge is 2.31. The molecular formula is C24H30F3N5O. The van der Waals surface area contributed by atoms with Crippen molar-refractivity contribution in [3.63, 3.8) is 0 Å². The van der Waals surface area contributed by atoms with Gasteiger partial charge in [-0.2, -0.15) is 13.2 Å². The molecule has 2 aliphatic carbocycles. The van der Waals surface area contributed by atoms with Gasteiger partial charge in [0.2, 0.25) is 0 Å². The molecule has 6 nitrogen and oxygen atoms in total. The average molecular weight is 462 g/mol. The fraction of sp³-hybridized carbons (Fsp3) is 0.500. The summed E-state index contributed by atoms with van der Waals surface area (Å²) in [6.45, 7) is 2.27. The summed E-state index contributed by atoms with van der Waals surface area (Å²) in [6.07, 6.45) is 3.83. The monoisotopic (exact) mass is 461 g/mol. The molecule has 178 valence electrons. The lowest BCUT2D eigenvalue weighted by molar-refractivity contribution is -0.137. The second-order valence-corrected chi connectivity index (χ2v) is 9.12. The van der Waals surface area contributed by atoms with Crippen molar-refractivity contribution in [3.05, 3.63) is 58.0 Å². The van der Waals surface area contributed by atoms with Crippen molar-refractivity contribution in [1.29, 1.82) is 0 Å². The first-order valence-electron chi connectivity index (χ1n) is 11.5. The Balaban J connectivity index is 1.44. The van der Waals surface area contributed by atoms with Gasteiger partial charge in [0.25, 0.3) is 5.56 Å². The van der Waals surface area contributed by atoms with Crippen LogP contribution in [0.4, 0.5) is 24.5 Å². The molecule has 2 fully saturated rings. The van der Waals surface area contributed by atoms with Crippen LogP contribution in [0.3, 0.4) is 0 Å². The predicted molar refractivity (Wildman–Crippen MR) is 124 cm³/mol. The molecule has 0 amide bonds. The zero-order valence-corrected chi connectivity index (χ0v) is 18.6. The van der Waals surface area contributed by atoms with Crippen LogP contribution in [0.15, 0.2) is 46.3 Å². The molecule has 9 heteroatoms. The molecule has 4 rings (SSSR count). The Hall–Kier alpha value is -2.81. The van der Waals surface area contributed by atoms with Gasteiger partial charge < -0.3 is 21.4 Å². The number of benzene rings is 1. The third-order valence-electron chi connectivity index (χ3n) is 6.58. The number of hydrogen-bond donors (Lipinski definition) is 4. The second-order valence-electron chi connectivity index (χ2n) is 9.12. The van der Waals surface area contributed by atoms with Crippen molar-refractivity contribution >= 4 is 17.2 Å². The van der Waals surface area contributed by atoms with Crippen LogP contribution in [0.25, 0.3) is 0 Å².